The third kappa shape index (κ3) is 3.10. The molecule has 24 heavy (non-hydrogen) atoms. The Labute approximate surface area is 165 Å². The van der Waals surface area contributed by atoms with Crippen LogP contribution in [0.2, 0.25) is 0 Å². The van der Waals surface area contributed by atoms with Crippen molar-refractivity contribution < 1.29 is 0 Å². The first-order chi connectivity index (χ1) is 11.9. The van der Waals surface area contributed by atoms with E-state index in [2.05, 4.69) is 88.6 Å². The molecule has 5 rings (SSSR count). The Kier molecular flexibility index (Phi) is 5.17. The summed E-state index contributed by atoms with van der Waals surface area (Å²) in [6.07, 6.45) is 0. The van der Waals surface area contributed by atoms with Gasteiger partial charge >= 0.3 is 167 Å². The Balaban J connectivity index is 1.74. The molecule has 2 aliphatic rings. The van der Waals surface area contributed by atoms with E-state index in [4.69, 9.17) is 0 Å². The van der Waals surface area contributed by atoms with Crippen LogP contribution in [0.25, 0.3) is 21.5 Å². The van der Waals surface area contributed by atoms with E-state index in [1.54, 1.807) is 19.5 Å². The average molecular weight is 510 g/mol. The fourth-order valence-corrected chi connectivity index (χ4v) is 32.8. The molecule has 3 aromatic carbocycles. The molecule has 0 unspecified atom stereocenters. The SMILES string of the molecule is c1cc([As]2SCCS2)c2cc3c([As]4SCCS4)cccc3cc2c1. The van der Waals surface area contributed by atoms with Gasteiger partial charge in [-0.3, -0.25) is 0 Å². The Morgan fingerprint density at radius 1 is 0.583 bits per heavy atom. The van der Waals surface area contributed by atoms with E-state index in [-0.39, 0.29) is 0 Å². The summed E-state index contributed by atoms with van der Waals surface area (Å²) >= 11 is -1.90. The van der Waals surface area contributed by atoms with Gasteiger partial charge in [-0.15, -0.1) is 0 Å². The van der Waals surface area contributed by atoms with Crippen molar-refractivity contribution in [3.63, 3.8) is 0 Å². The van der Waals surface area contributed by atoms with Crippen LogP contribution in [0, 0.1) is 0 Å². The van der Waals surface area contributed by atoms with Crippen LogP contribution in [0.5, 0.6) is 0 Å². The van der Waals surface area contributed by atoms with E-state index in [9.17, 15) is 0 Å². The Morgan fingerprint density at radius 3 is 1.50 bits per heavy atom. The molecular weight excluding hydrogens is 494 g/mol. The van der Waals surface area contributed by atoms with E-state index in [1.165, 1.54) is 33.8 Å². The van der Waals surface area contributed by atoms with Gasteiger partial charge in [-0.25, -0.2) is 0 Å². The van der Waals surface area contributed by atoms with Crippen LogP contribution in [-0.2, 0) is 0 Å². The quantitative estimate of drug-likeness (QED) is 0.372. The zero-order valence-corrected chi connectivity index (χ0v) is 20.0. The second kappa shape index (κ2) is 7.37. The molecule has 0 N–H and O–H groups in total. The van der Waals surface area contributed by atoms with Crippen molar-refractivity contribution in [2.75, 3.05) is 23.0 Å². The first-order valence-electron chi connectivity index (χ1n) is 7.97. The number of hydrogen-bond acceptors (Lipinski definition) is 4. The summed E-state index contributed by atoms with van der Waals surface area (Å²) in [6.45, 7) is 0. The van der Waals surface area contributed by atoms with Gasteiger partial charge in [-0.2, -0.15) is 0 Å². The molecule has 2 heterocycles. The van der Waals surface area contributed by atoms with Crippen LogP contribution in [0.4, 0.5) is 0 Å². The van der Waals surface area contributed by atoms with Crippen molar-refractivity contribution >= 4 is 95.0 Å². The standard InChI is InChI=1S/C18H16As2S4/c1-3-13-11-14-4-2-6-18(20-23-9-10-24-20)16(14)12-15(13)17(5-1)19-21-7-8-22-19/h1-6,11-12H,7-10H2. The van der Waals surface area contributed by atoms with Crippen molar-refractivity contribution in [1.29, 1.82) is 0 Å². The Hall–Kier alpha value is 0.697. The topological polar surface area (TPSA) is 0 Å². The molecule has 0 saturated carbocycles. The minimum absolute atomic E-state index is 0.952. The molecule has 0 atom stereocenters. The van der Waals surface area contributed by atoms with E-state index < -0.39 is 24.7 Å². The van der Waals surface area contributed by atoms with Crippen molar-refractivity contribution in [2.24, 2.45) is 0 Å². The van der Waals surface area contributed by atoms with Crippen LogP contribution in [0.3, 0.4) is 0 Å². The van der Waals surface area contributed by atoms with Gasteiger partial charge in [-0.1, -0.05) is 0 Å². The van der Waals surface area contributed by atoms with Crippen LogP contribution in [-0.4, -0.2) is 47.7 Å². The molecule has 0 aliphatic carbocycles. The maximum absolute atomic E-state index is 2.55. The molecule has 0 spiro atoms. The van der Waals surface area contributed by atoms with Gasteiger partial charge in [0.05, 0.1) is 0 Å². The molecule has 2 saturated heterocycles. The summed E-state index contributed by atoms with van der Waals surface area (Å²) in [6, 6.07) is 19.0. The van der Waals surface area contributed by atoms with E-state index in [0.717, 1.165) is 0 Å². The predicted molar refractivity (Wildman–Crippen MR) is 122 cm³/mol. The van der Waals surface area contributed by atoms with Crippen LogP contribution in [0.1, 0.15) is 0 Å². The van der Waals surface area contributed by atoms with Gasteiger partial charge in [0.25, 0.3) is 0 Å². The van der Waals surface area contributed by atoms with Gasteiger partial charge in [-0.05, 0) is 0 Å². The maximum atomic E-state index is 2.55. The Bertz CT molecular complexity index is 831. The summed E-state index contributed by atoms with van der Waals surface area (Å²) in [5.41, 5.74) is 0. The van der Waals surface area contributed by atoms with E-state index in [1.807, 2.05) is 0 Å². The van der Waals surface area contributed by atoms with Crippen molar-refractivity contribution in [3.05, 3.63) is 48.5 Å². The third-order valence-electron chi connectivity index (χ3n) is 4.23. The number of rotatable bonds is 2. The predicted octanol–water partition coefficient (Wildman–Crippen LogP) is 4.34. The van der Waals surface area contributed by atoms with E-state index >= 15 is 0 Å². The second-order valence-corrected chi connectivity index (χ2v) is 29.0. The van der Waals surface area contributed by atoms with Gasteiger partial charge in [0.2, 0.25) is 0 Å². The first kappa shape index (κ1) is 16.8. The summed E-state index contributed by atoms with van der Waals surface area (Å²) in [5.74, 6) is 5.40. The van der Waals surface area contributed by atoms with Gasteiger partial charge in [0.15, 0.2) is 0 Å². The first-order valence-corrected chi connectivity index (χ1v) is 22.8. The molecule has 6 heteroatoms. The third-order valence-corrected chi connectivity index (χ3v) is 31.7. The average Bonchev–Trinajstić information content (AvgIpc) is 3.32. The van der Waals surface area contributed by atoms with Crippen LogP contribution >= 0.6 is 40.1 Å². The van der Waals surface area contributed by atoms with Crippen molar-refractivity contribution in [1.82, 2.24) is 0 Å². The molecule has 0 amide bonds. The number of fused-ring (bicyclic) bond motifs is 2. The zero-order valence-electron chi connectivity index (χ0n) is 13.0. The molecule has 0 bridgehead atoms. The van der Waals surface area contributed by atoms with Crippen LogP contribution < -0.4 is 8.70 Å². The summed E-state index contributed by atoms with van der Waals surface area (Å²) in [4.78, 5) is 0. The molecule has 2 fully saturated rings. The van der Waals surface area contributed by atoms with Crippen molar-refractivity contribution in [2.45, 2.75) is 0 Å². The van der Waals surface area contributed by atoms with Crippen LogP contribution in [0.15, 0.2) is 48.5 Å². The number of hydrogen-bond donors (Lipinski definition) is 0. The van der Waals surface area contributed by atoms with Crippen molar-refractivity contribution in [3.8, 4) is 0 Å². The second-order valence-electron chi connectivity index (χ2n) is 5.70. The fourth-order valence-electron chi connectivity index (χ4n) is 3.17. The molecule has 3 aromatic rings. The summed E-state index contributed by atoms with van der Waals surface area (Å²) in [5, 5.41) is 5.97. The fraction of sp³-hybridized carbons (Fsp3) is 0.222. The normalized spacial score (nSPS) is 19.7. The zero-order chi connectivity index (χ0) is 15.9. The van der Waals surface area contributed by atoms with E-state index in [0.29, 0.717) is 0 Å². The molecule has 122 valence electrons. The molecule has 2 aliphatic heterocycles. The van der Waals surface area contributed by atoms with Gasteiger partial charge in [0, 0.05) is 0 Å². The summed E-state index contributed by atoms with van der Waals surface area (Å²) < 4.78 is 3.36. The summed E-state index contributed by atoms with van der Waals surface area (Å²) in [7, 11) is 9.02. The molecular formula is C18H16As2S4. The van der Waals surface area contributed by atoms with Gasteiger partial charge < -0.3 is 0 Å². The molecule has 0 nitrogen and oxygen atoms in total. The number of benzene rings is 3. The molecule has 0 aromatic heterocycles. The monoisotopic (exact) mass is 510 g/mol. The molecule has 0 radical (unpaired) electrons. The van der Waals surface area contributed by atoms with Gasteiger partial charge in [0.1, 0.15) is 0 Å². The minimum atomic E-state index is -0.952. The Morgan fingerprint density at radius 2 is 1.04 bits per heavy atom.